The van der Waals surface area contributed by atoms with Crippen LogP contribution in [-0.2, 0) is 0 Å². The summed E-state index contributed by atoms with van der Waals surface area (Å²) in [6, 6.07) is 5.92. The zero-order chi connectivity index (χ0) is 13.0. The van der Waals surface area contributed by atoms with Crippen molar-refractivity contribution in [3.63, 3.8) is 0 Å². The molecule has 2 heterocycles. The van der Waals surface area contributed by atoms with Crippen LogP contribution < -0.4 is 0 Å². The van der Waals surface area contributed by atoms with E-state index in [4.69, 9.17) is 0 Å². The number of thioether (sulfide) groups is 1. The molecule has 0 N–H and O–H groups in total. The lowest BCUT2D eigenvalue weighted by atomic mass is 9.97. The van der Waals surface area contributed by atoms with Crippen molar-refractivity contribution in [3.05, 3.63) is 30.1 Å². The second-order valence-corrected chi connectivity index (χ2v) is 5.53. The van der Waals surface area contributed by atoms with E-state index in [1.165, 1.54) is 0 Å². The van der Waals surface area contributed by atoms with Crippen LogP contribution in [0.1, 0.15) is 23.2 Å². The predicted octanol–water partition coefficient (Wildman–Crippen LogP) is 1.94. The molecule has 0 aromatic carbocycles. The molecule has 1 aliphatic heterocycles. The Balaban J connectivity index is 2.03. The third-order valence-electron chi connectivity index (χ3n) is 3.36. The summed E-state index contributed by atoms with van der Waals surface area (Å²) in [5.74, 6) is 0.00995. The first kappa shape index (κ1) is 12.9. The Bertz CT molecular complexity index is 461. The third kappa shape index (κ3) is 2.49. The van der Waals surface area contributed by atoms with Gasteiger partial charge >= 0.3 is 0 Å². The number of amides is 1. The van der Waals surface area contributed by atoms with E-state index < -0.39 is 0 Å². The molecular weight excluding hydrogens is 246 g/mol. The average Bonchev–Trinajstić information content (AvgIpc) is 2.47. The van der Waals surface area contributed by atoms with Gasteiger partial charge in [0.25, 0.3) is 5.91 Å². The van der Waals surface area contributed by atoms with Crippen molar-refractivity contribution in [2.75, 3.05) is 19.3 Å². The summed E-state index contributed by atoms with van der Waals surface area (Å²) in [4.78, 5) is 17.9. The van der Waals surface area contributed by atoms with E-state index in [2.05, 4.69) is 11.1 Å². The number of piperidine rings is 1. The molecule has 1 aromatic heterocycles. The molecule has 5 heteroatoms. The molecule has 0 saturated carbocycles. The highest BCUT2D eigenvalue weighted by Crippen LogP contribution is 2.34. The van der Waals surface area contributed by atoms with E-state index in [-0.39, 0.29) is 10.7 Å². The Morgan fingerprint density at radius 2 is 2.28 bits per heavy atom. The summed E-state index contributed by atoms with van der Waals surface area (Å²) in [6.07, 6.45) is 6.67. The molecule has 0 radical (unpaired) electrons. The highest BCUT2D eigenvalue weighted by atomic mass is 32.2. The monoisotopic (exact) mass is 261 g/mol. The summed E-state index contributed by atoms with van der Waals surface area (Å²) in [6.45, 7) is 1.28. The molecule has 94 valence electrons. The summed E-state index contributed by atoms with van der Waals surface area (Å²) in [7, 11) is 0. The molecule has 0 atom stereocenters. The fourth-order valence-corrected chi connectivity index (χ4v) is 2.79. The minimum Gasteiger partial charge on any atom is -0.338 e. The highest BCUT2D eigenvalue weighted by molar-refractivity contribution is 8.00. The van der Waals surface area contributed by atoms with Crippen molar-refractivity contribution in [2.24, 2.45) is 0 Å². The number of nitriles is 1. The Hall–Kier alpha value is -1.54. The second-order valence-electron chi connectivity index (χ2n) is 4.34. The topological polar surface area (TPSA) is 57.0 Å². The van der Waals surface area contributed by atoms with Crippen LogP contribution in [0.4, 0.5) is 0 Å². The van der Waals surface area contributed by atoms with E-state index >= 15 is 0 Å². The lowest BCUT2D eigenvalue weighted by Crippen LogP contribution is -2.44. The summed E-state index contributed by atoms with van der Waals surface area (Å²) < 4.78 is -0.314. The van der Waals surface area contributed by atoms with Gasteiger partial charge in [-0.2, -0.15) is 5.26 Å². The number of rotatable bonds is 2. The fourth-order valence-electron chi connectivity index (χ4n) is 2.10. The van der Waals surface area contributed by atoms with Gasteiger partial charge in [0, 0.05) is 25.5 Å². The number of likely N-dealkylation sites (tertiary alicyclic amines) is 1. The van der Waals surface area contributed by atoms with Gasteiger partial charge in [-0.1, -0.05) is 0 Å². The number of aromatic nitrogens is 1. The first-order chi connectivity index (χ1) is 8.71. The van der Waals surface area contributed by atoms with Gasteiger partial charge in [0.2, 0.25) is 0 Å². The van der Waals surface area contributed by atoms with Crippen LogP contribution in [-0.4, -0.2) is 39.9 Å². The Morgan fingerprint density at radius 1 is 1.56 bits per heavy atom. The normalized spacial score (nSPS) is 18.1. The average molecular weight is 261 g/mol. The number of hydrogen-bond acceptors (Lipinski definition) is 4. The summed E-state index contributed by atoms with van der Waals surface area (Å²) >= 11 is 1.59. The molecule has 1 aromatic rings. The largest absolute Gasteiger partial charge is 0.338 e. The molecule has 1 aliphatic rings. The maximum atomic E-state index is 12.2. The molecule has 0 spiro atoms. The maximum Gasteiger partial charge on any atom is 0.255 e. The Labute approximate surface area is 111 Å². The van der Waals surface area contributed by atoms with Gasteiger partial charge in [-0.15, -0.1) is 11.8 Å². The molecular formula is C13H15N3OS. The van der Waals surface area contributed by atoms with E-state index in [1.807, 2.05) is 11.2 Å². The van der Waals surface area contributed by atoms with Gasteiger partial charge in [0.1, 0.15) is 4.75 Å². The van der Waals surface area contributed by atoms with Gasteiger partial charge in [-0.05, 0) is 31.2 Å². The molecule has 1 saturated heterocycles. The molecule has 18 heavy (non-hydrogen) atoms. The third-order valence-corrected chi connectivity index (χ3v) is 4.64. The minimum absolute atomic E-state index is 0.00995. The number of pyridine rings is 1. The number of hydrogen-bond donors (Lipinski definition) is 0. The number of carbonyl (C=O) groups excluding carboxylic acids is 1. The lowest BCUT2D eigenvalue weighted by Gasteiger charge is -2.36. The van der Waals surface area contributed by atoms with Crippen LogP contribution in [0.25, 0.3) is 0 Å². The molecule has 0 aliphatic carbocycles. The van der Waals surface area contributed by atoms with E-state index in [0.29, 0.717) is 18.7 Å². The van der Waals surface area contributed by atoms with Gasteiger partial charge in [0.15, 0.2) is 0 Å². The van der Waals surface area contributed by atoms with Gasteiger partial charge in [-0.25, -0.2) is 0 Å². The smallest absolute Gasteiger partial charge is 0.255 e. The fraction of sp³-hybridized carbons (Fsp3) is 0.462. The SMILES string of the molecule is CSC1(C#N)CCN(C(=O)c2cccnc2)CC1. The van der Waals surface area contributed by atoms with Crippen LogP contribution >= 0.6 is 11.8 Å². The van der Waals surface area contributed by atoms with Crippen LogP contribution in [0.15, 0.2) is 24.5 Å². The zero-order valence-electron chi connectivity index (χ0n) is 10.3. The number of carbonyl (C=O) groups is 1. The highest BCUT2D eigenvalue weighted by Gasteiger charge is 2.35. The Kier molecular flexibility index (Phi) is 3.87. The maximum absolute atomic E-state index is 12.2. The second kappa shape index (κ2) is 5.40. The standard InChI is InChI=1S/C13H15N3OS/c1-18-13(10-14)4-7-16(8-5-13)12(17)11-3-2-6-15-9-11/h2-3,6,9H,4-5,7-8H2,1H3. The van der Waals surface area contributed by atoms with Crippen LogP contribution in [0, 0.1) is 11.3 Å². The molecule has 4 nitrogen and oxygen atoms in total. The molecule has 1 amide bonds. The van der Waals surface area contributed by atoms with Crippen LogP contribution in [0.5, 0.6) is 0 Å². The minimum atomic E-state index is -0.314. The van der Waals surface area contributed by atoms with E-state index in [9.17, 15) is 10.1 Å². The Morgan fingerprint density at radius 3 is 2.78 bits per heavy atom. The van der Waals surface area contributed by atoms with Crippen molar-refractivity contribution in [1.29, 1.82) is 5.26 Å². The van der Waals surface area contributed by atoms with E-state index in [1.54, 1.807) is 36.3 Å². The zero-order valence-corrected chi connectivity index (χ0v) is 11.1. The van der Waals surface area contributed by atoms with Crippen LogP contribution in [0.3, 0.4) is 0 Å². The van der Waals surface area contributed by atoms with E-state index in [0.717, 1.165) is 12.8 Å². The molecule has 2 rings (SSSR count). The van der Waals surface area contributed by atoms with Crippen molar-refractivity contribution in [3.8, 4) is 6.07 Å². The predicted molar refractivity (Wildman–Crippen MR) is 71.2 cm³/mol. The summed E-state index contributed by atoms with van der Waals surface area (Å²) in [5, 5.41) is 9.20. The first-order valence-corrected chi connectivity index (χ1v) is 7.09. The summed E-state index contributed by atoms with van der Waals surface area (Å²) in [5.41, 5.74) is 0.617. The van der Waals surface area contributed by atoms with Crippen molar-refractivity contribution in [2.45, 2.75) is 17.6 Å². The van der Waals surface area contributed by atoms with Gasteiger partial charge in [-0.3, -0.25) is 9.78 Å². The molecule has 0 bridgehead atoms. The number of nitrogens with zero attached hydrogens (tertiary/aromatic N) is 3. The van der Waals surface area contributed by atoms with Gasteiger partial charge in [0.05, 0.1) is 11.6 Å². The first-order valence-electron chi connectivity index (χ1n) is 5.86. The van der Waals surface area contributed by atoms with Gasteiger partial charge < -0.3 is 4.90 Å². The molecule has 0 unspecified atom stereocenters. The van der Waals surface area contributed by atoms with Crippen molar-refractivity contribution in [1.82, 2.24) is 9.88 Å². The van der Waals surface area contributed by atoms with Crippen molar-refractivity contribution >= 4 is 17.7 Å². The van der Waals surface area contributed by atoms with Crippen molar-refractivity contribution < 1.29 is 4.79 Å². The molecule has 1 fully saturated rings. The quantitative estimate of drug-likeness (QED) is 0.816. The van der Waals surface area contributed by atoms with Crippen LogP contribution in [0.2, 0.25) is 0 Å². The lowest BCUT2D eigenvalue weighted by molar-refractivity contribution is 0.0716.